The number of ether oxygens (including phenoxy) is 1. The molecular weight excluding hydrogens is 140 g/mol. The zero-order valence-corrected chi connectivity index (χ0v) is 6.66. The summed E-state index contributed by atoms with van der Waals surface area (Å²) in [6, 6.07) is 0. The number of hydrogen-bond donors (Lipinski definition) is 0. The van der Waals surface area contributed by atoms with Gasteiger partial charge in [-0.2, -0.15) is 0 Å². The minimum Gasteiger partial charge on any atom is -0.367 e. The van der Waals surface area contributed by atoms with E-state index >= 15 is 0 Å². The predicted molar refractivity (Wildman–Crippen MR) is 40.0 cm³/mol. The van der Waals surface area contributed by atoms with Gasteiger partial charge in [0.1, 0.15) is 5.82 Å². The molecule has 0 saturated heterocycles. The second kappa shape index (κ2) is 2.27. The molecule has 1 aliphatic rings. The van der Waals surface area contributed by atoms with E-state index in [4.69, 9.17) is 4.74 Å². The van der Waals surface area contributed by atoms with Gasteiger partial charge in [0.2, 0.25) is 0 Å². The molecule has 1 aliphatic heterocycles. The third-order valence-corrected chi connectivity index (χ3v) is 1.89. The highest BCUT2D eigenvalue weighted by Gasteiger charge is 2.20. The molecule has 0 amide bonds. The molecule has 58 valence electrons. The molecule has 1 atom stereocenters. The van der Waals surface area contributed by atoms with E-state index < -0.39 is 0 Å². The van der Waals surface area contributed by atoms with Gasteiger partial charge in [-0.3, -0.25) is 0 Å². The highest BCUT2D eigenvalue weighted by molar-refractivity contribution is 5.21. The van der Waals surface area contributed by atoms with Crippen molar-refractivity contribution in [3.05, 3.63) is 23.3 Å². The van der Waals surface area contributed by atoms with Crippen molar-refractivity contribution in [1.82, 2.24) is 9.97 Å². The summed E-state index contributed by atoms with van der Waals surface area (Å²) in [6.45, 7) is 4.57. The molecule has 11 heavy (non-hydrogen) atoms. The molecule has 0 radical (unpaired) electrons. The summed E-state index contributed by atoms with van der Waals surface area (Å²) in [6.07, 6.45) is 1.99. The first kappa shape index (κ1) is 6.73. The normalized spacial score (nSPS) is 21.8. The summed E-state index contributed by atoms with van der Waals surface area (Å²) < 4.78 is 5.38. The maximum absolute atomic E-state index is 5.38. The summed E-state index contributed by atoms with van der Waals surface area (Å²) in [7, 11) is 0. The van der Waals surface area contributed by atoms with Crippen LogP contribution in [0.2, 0.25) is 0 Å². The largest absolute Gasteiger partial charge is 0.367 e. The van der Waals surface area contributed by atoms with Crippen LogP contribution in [0, 0.1) is 6.92 Å². The van der Waals surface area contributed by atoms with E-state index in [0.717, 1.165) is 17.1 Å². The van der Waals surface area contributed by atoms with Crippen LogP contribution in [0.5, 0.6) is 0 Å². The predicted octanol–water partition coefficient (Wildman–Crippen LogP) is 1.38. The van der Waals surface area contributed by atoms with Crippen molar-refractivity contribution in [3.8, 4) is 0 Å². The van der Waals surface area contributed by atoms with Gasteiger partial charge in [0, 0.05) is 11.8 Å². The van der Waals surface area contributed by atoms with Crippen LogP contribution in [0.3, 0.4) is 0 Å². The van der Waals surface area contributed by atoms with Gasteiger partial charge in [0.05, 0.1) is 18.4 Å². The first-order valence-electron chi connectivity index (χ1n) is 3.71. The highest BCUT2D eigenvalue weighted by Crippen LogP contribution is 2.26. The number of fused-ring (bicyclic) bond motifs is 1. The Labute approximate surface area is 65.4 Å². The van der Waals surface area contributed by atoms with Crippen LogP contribution in [0.15, 0.2) is 6.20 Å². The molecule has 0 fully saturated rings. The lowest BCUT2D eigenvalue weighted by molar-refractivity contribution is 0.0778. The minimum atomic E-state index is 0.145. The van der Waals surface area contributed by atoms with Crippen molar-refractivity contribution in [3.63, 3.8) is 0 Å². The third kappa shape index (κ3) is 1.01. The van der Waals surface area contributed by atoms with Gasteiger partial charge < -0.3 is 4.74 Å². The van der Waals surface area contributed by atoms with Crippen molar-refractivity contribution in [2.24, 2.45) is 0 Å². The zero-order valence-electron chi connectivity index (χ0n) is 6.66. The Balaban J connectivity index is 2.52. The van der Waals surface area contributed by atoms with Crippen LogP contribution < -0.4 is 0 Å². The van der Waals surface area contributed by atoms with E-state index in [1.54, 1.807) is 0 Å². The maximum atomic E-state index is 5.38. The Morgan fingerprint density at radius 2 is 2.45 bits per heavy atom. The SMILES string of the molecule is Cc1ncc2c(n1)C(C)OC2. The molecular formula is C8H10N2O. The van der Waals surface area contributed by atoms with Gasteiger partial charge in [-0.1, -0.05) is 0 Å². The summed E-state index contributed by atoms with van der Waals surface area (Å²) in [5.74, 6) is 0.820. The molecule has 0 aromatic carbocycles. The monoisotopic (exact) mass is 150 g/mol. The molecule has 2 heterocycles. The molecule has 1 aromatic rings. The van der Waals surface area contributed by atoms with E-state index in [1.807, 2.05) is 20.0 Å². The Morgan fingerprint density at radius 1 is 1.64 bits per heavy atom. The van der Waals surface area contributed by atoms with Gasteiger partial charge in [0.25, 0.3) is 0 Å². The van der Waals surface area contributed by atoms with Crippen molar-refractivity contribution in [2.75, 3.05) is 0 Å². The number of nitrogens with zero attached hydrogens (tertiary/aromatic N) is 2. The molecule has 0 saturated carbocycles. The first-order chi connectivity index (χ1) is 5.27. The molecule has 0 spiro atoms. The van der Waals surface area contributed by atoms with Crippen LogP contribution >= 0.6 is 0 Å². The van der Waals surface area contributed by atoms with Gasteiger partial charge in [-0.25, -0.2) is 9.97 Å². The third-order valence-electron chi connectivity index (χ3n) is 1.89. The Bertz CT molecular complexity index is 285. The quantitative estimate of drug-likeness (QED) is 0.560. The maximum Gasteiger partial charge on any atom is 0.125 e. The minimum absolute atomic E-state index is 0.145. The molecule has 3 nitrogen and oxygen atoms in total. The Morgan fingerprint density at radius 3 is 3.27 bits per heavy atom. The number of hydrogen-bond acceptors (Lipinski definition) is 3. The van der Waals surface area contributed by atoms with E-state index in [9.17, 15) is 0 Å². The van der Waals surface area contributed by atoms with Crippen molar-refractivity contribution in [2.45, 2.75) is 26.6 Å². The van der Waals surface area contributed by atoms with Gasteiger partial charge in [0.15, 0.2) is 0 Å². The standard InChI is InChI=1S/C8H10N2O/c1-5-8-7(4-11-5)3-9-6(2)10-8/h3,5H,4H2,1-2H3. The Kier molecular flexibility index (Phi) is 1.39. The van der Waals surface area contributed by atoms with Gasteiger partial charge in [-0.15, -0.1) is 0 Å². The van der Waals surface area contributed by atoms with Crippen LogP contribution in [0.1, 0.15) is 30.1 Å². The van der Waals surface area contributed by atoms with Crippen molar-refractivity contribution >= 4 is 0 Å². The topological polar surface area (TPSA) is 35.0 Å². The molecule has 2 rings (SSSR count). The van der Waals surface area contributed by atoms with Crippen LogP contribution in [0.25, 0.3) is 0 Å². The lowest BCUT2D eigenvalue weighted by Gasteiger charge is -2.01. The smallest absolute Gasteiger partial charge is 0.125 e. The molecule has 0 bridgehead atoms. The van der Waals surface area contributed by atoms with Crippen LogP contribution in [-0.4, -0.2) is 9.97 Å². The fourth-order valence-corrected chi connectivity index (χ4v) is 1.27. The van der Waals surface area contributed by atoms with Gasteiger partial charge in [-0.05, 0) is 13.8 Å². The lowest BCUT2D eigenvalue weighted by Crippen LogP contribution is -1.96. The van der Waals surface area contributed by atoms with Crippen LogP contribution in [0.4, 0.5) is 0 Å². The molecule has 1 aromatic heterocycles. The van der Waals surface area contributed by atoms with E-state index in [-0.39, 0.29) is 6.10 Å². The average Bonchev–Trinajstić information content (AvgIpc) is 2.33. The number of rotatable bonds is 0. The van der Waals surface area contributed by atoms with Crippen molar-refractivity contribution in [1.29, 1.82) is 0 Å². The van der Waals surface area contributed by atoms with Gasteiger partial charge >= 0.3 is 0 Å². The van der Waals surface area contributed by atoms with E-state index in [0.29, 0.717) is 6.61 Å². The van der Waals surface area contributed by atoms with E-state index in [2.05, 4.69) is 9.97 Å². The molecule has 0 N–H and O–H groups in total. The summed E-state index contributed by atoms with van der Waals surface area (Å²) in [4.78, 5) is 8.39. The second-order valence-electron chi connectivity index (χ2n) is 2.78. The molecule has 1 unspecified atom stereocenters. The summed E-state index contributed by atoms with van der Waals surface area (Å²) in [5, 5.41) is 0. The molecule has 0 aliphatic carbocycles. The summed E-state index contributed by atoms with van der Waals surface area (Å²) >= 11 is 0. The van der Waals surface area contributed by atoms with E-state index in [1.165, 1.54) is 0 Å². The number of aromatic nitrogens is 2. The second-order valence-corrected chi connectivity index (χ2v) is 2.78. The fourth-order valence-electron chi connectivity index (χ4n) is 1.27. The highest BCUT2D eigenvalue weighted by atomic mass is 16.5. The lowest BCUT2D eigenvalue weighted by atomic mass is 10.2. The Hall–Kier alpha value is -0.960. The number of aryl methyl sites for hydroxylation is 1. The zero-order chi connectivity index (χ0) is 7.84. The summed E-state index contributed by atoms with van der Waals surface area (Å²) in [5.41, 5.74) is 2.18. The average molecular weight is 150 g/mol. The molecule has 3 heteroatoms. The van der Waals surface area contributed by atoms with Crippen molar-refractivity contribution < 1.29 is 4.74 Å². The fraction of sp³-hybridized carbons (Fsp3) is 0.500. The first-order valence-corrected chi connectivity index (χ1v) is 3.71. The van der Waals surface area contributed by atoms with Crippen LogP contribution in [-0.2, 0) is 11.3 Å².